The van der Waals surface area contributed by atoms with Crippen LogP contribution in [0.25, 0.3) is 0 Å². The summed E-state index contributed by atoms with van der Waals surface area (Å²) in [5.74, 6) is 1.46. The van der Waals surface area contributed by atoms with Crippen molar-refractivity contribution in [3.8, 4) is 5.75 Å². The van der Waals surface area contributed by atoms with Crippen molar-refractivity contribution in [1.82, 2.24) is 4.90 Å². The molecular weight excluding hydrogens is 240 g/mol. The molecule has 2 atom stereocenters. The molecule has 0 spiro atoms. The number of nitrogens with zero attached hydrogens (tertiary/aromatic N) is 1. The predicted molar refractivity (Wildman–Crippen MR) is 75.2 cm³/mol. The number of hydrogen-bond donors (Lipinski definition) is 1. The quantitative estimate of drug-likeness (QED) is 0.899. The van der Waals surface area contributed by atoms with E-state index in [4.69, 9.17) is 10.5 Å². The lowest BCUT2D eigenvalue weighted by atomic mass is 9.97. The van der Waals surface area contributed by atoms with Crippen LogP contribution in [0, 0.1) is 0 Å². The Hall–Kier alpha value is -1.55. The van der Waals surface area contributed by atoms with Gasteiger partial charge in [-0.1, -0.05) is 12.1 Å². The van der Waals surface area contributed by atoms with E-state index in [0.29, 0.717) is 24.9 Å². The van der Waals surface area contributed by atoms with E-state index < -0.39 is 0 Å². The molecule has 4 nitrogen and oxygen atoms in total. The lowest BCUT2D eigenvalue weighted by molar-refractivity contribution is -0.131. The fourth-order valence-corrected chi connectivity index (χ4v) is 2.76. The van der Waals surface area contributed by atoms with Crippen LogP contribution in [0.15, 0.2) is 24.3 Å². The third-order valence-electron chi connectivity index (χ3n) is 3.84. The Morgan fingerprint density at radius 2 is 2.11 bits per heavy atom. The topological polar surface area (TPSA) is 55.6 Å². The average Bonchev–Trinajstić information content (AvgIpc) is 2.81. The van der Waals surface area contributed by atoms with Crippen molar-refractivity contribution < 1.29 is 9.53 Å². The van der Waals surface area contributed by atoms with Gasteiger partial charge in [0.15, 0.2) is 0 Å². The molecule has 1 aliphatic heterocycles. The third-order valence-corrected chi connectivity index (χ3v) is 3.84. The number of likely N-dealkylation sites (tertiary alicyclic amines) is 1. The van der Waals surface area contributed by atoms with Gasteiger partial charge in [0.2, 0.25) is 5.91 Å². The first-order valence-electron chi connectivity index (χ1n) is 6.79. The Kier molecular flexibility index (Phi) is 4.43. The van der Waals surface area contributed by atoms with Crippen molar-refractivity contribution in [2.75, 3.05) is 20.2 Å². The summed E-state index contributed by atoms with van der Waals surface area (Å²) in [7, 11) is 1.67. The Balaban J connectivity index is 2.05. The molecule has 1 aromatic carbocycles. The summed E-state index contributed by atoms with van der Waals surface area (Å²) in [6.45, 7) is 3.33. The van der Waals surface area contributed by atoms with E-state index >= 15 is 0 Å². The van der Waals surface area contributed by atoms with Gasteiger partial charge >= 0.3 is 0 Å². The molecule has 0 aliphatic carbocycles. The SMILES string of the molecule is COc1ccc([C@@H]2C[C@@H](C)N(C(=O)CCN)C2)cc1. The largest absolute Gasteiger partial charge is 0.497 e. The maximum atomic E-state index is 12.0. The summed E-state index contributed by atoms with van der Waals surface area (Å²) in [6, 6.07) is 8.43. The van der Waals surface area contributed by atoms with Crippen molar-refractivity contribution in [1.29, 1.82) is 0 Å². The number of ether oxygens (including phenoxy) is 1. The van der Waals surface area contributed by atoms with Crippen LogP contribution < -0.4 is 10.5 Å². The van der Waals surface area contributed by atoms with Crippen LogP contribution in [0.5, 0.6) is 5.75 Å². The Bertz CT molecular complexity index is 430. The van der Waals surface area contributed by atoms with Crippen LogP contribution in [0.3, 0.4) is 0 Å². The van der Waals surface area contributed by atoms with Crippen LogP contribution in [0.1, 0.15) is 31.2 Å². The minimum Gasteiger partial charge on any atom is -0.497 e. The zero-order chi connectivity index (χ0) is 13.8. The monoisotopic (exact) mass is 262 g/mol. The molecule has 0 radical (unpaired) electrons. The first-order chi connectivity index (χ1) is 9.15. The third kappa shape index (κ3) is 3.07. The number of nitrogens with two attached hydrogens (primary N) is 1. The van der Waals surface area contributed by atoms with E-state index in [9.17, 15) is 4.79 Å². The molecule has 1 heterocycles. The van der Waals surface area contributed by atoms with Gasteiger partial charge in [-0.3, -0.25) is 4.79 Å². The number of carbonyl (C=O) groups excluding carboxylic acids is 1. The highest BCUT2D eigenvalue weighted by atomic mass is 16.5. The molecule has 0 aromatic heterocycles. The minimum atomic E-state index is 0.172. The van der Waals surface area contributed by atoms with Crippen LogP contribution in [-0.2, 0) is 4.79 Å². The standard InChI is InChI=1S/C15H22N2O2/c1-11-9-13(10-17(11)15(18)7-8-16)12-3-5-14(19-2)6-4-12/h3-6,11,13H,7-10,16H2,1-2H3/t11-,13-/m1/s1. The van der Waals surface area contributed by atoms with E-state index in [1.54, 1.807) is 7.11 Å². The number of amides is 1. The van der Waals surface area contributed by atoms with Crippen LogP contribution >= 0.6 is 0 Å². The van der Waals surface area contributed by atoms with Crippen molar-refractivity contribution in [3.05, 3.63) is 29.8 Å². The Morgan fingerprint density at radius 3 is 2.68 bits per heavy atom. The second-order valence-corrected chi connectivity index (χ2v) is 5.14. The molecule has 1 aliphatic rings. The molecule has 2 rings (SSSR count). The molecule has 1 aromatic rings. The highest BCUT2D eigenvalue weighted by molar-refractivity contribution is 5.77. The smallest absolute Gasteiger partial charge is 0.224 e. The fraction of sp³-hybridized carbons (Fsp3) is 0.533. The summed E-state index contributed by atoms with van der Waals surface area (Å²) in [6.07, 6.45) is 1.46. The average molecular weight is 262 g/mol. The van der Waals surface area contributed by atoms with E-state index in [1.807, 2.05) is 17.0 Å². The molecule has 1 amide bonds. The number of rotatable bonds is 4. The highest BCUT2D eigenvalue weighted by Crippen LogP contribution is 2.32. The number of carbonyl (C=O) groups is 1. The number of hydrogen-bond acceptors (Lipinski definition) is 3. The second-order valence-electron chi connectivity index (χ2n) is 5.14. The second kappa shape index (κ2) is 6.06. The summed E-state index contributed by atoms with van der Waals surface area (Å²) in [5, 5.41) is 0. The molecule has 0 saturated carbocycles. The van der Waals surface area contributed by atoms with Gasteiger partial charge in [0, 0.05) is 31.5 Å². The van der Waals surface area contributed by atoms with E-state index in [-0.39, 0.29) is 5.91 Å². The molecule has 1 fully saturated rings. The maximum Gasteiger partial charge on any atom is 0.224 e. The fourth-order valence-electron chi connectivity index (χ4n) is 2.76. The highest BCUT2D eigenvalue weighted by Gasteiger charge is 2.32. The molecule has 0 bridgehead atoms. The summed E-state index contributed by atoms with van der Waals surface area (Å²) in [4.78, 5) is 13.9. The zero-order valence-corrected chi connectivity index (χ0v) is 11.6. The molecule has 4 heteroatoms. The van der Waals surface area contributed by atoms with E-state index in [2.05, 4.69) is 19.1 Å². The first-order valence-corrected chi connectivity index (χ1v) is 6.79. The molecule has 19 heavy (non-hydrogen) atoms. The summed E-state index contributed by atoms with van der Waals surface area (Å²) >= 11 is 0. The summed E-state index contributed by atoms with van der Waals surface area (Å²) < 4.78 is 5.17. The van der Waals surface area contributed by atoms with Crippen LogP contribution in [-0.4, -0.2) is 37.0 Å². The molecule has 2 N–H and O–H groups in total. The molecule has 104 valence electrons. The van der Waals surface area contributed by atoms with Gasteiger partial charge in [-0.05, 0) is 31.0 Å². The van der Waals surface area contributed by atoms with Gasteiger partial charge in [-0.25, -0.2) is 0 Å². The van der Waals surface area contributed by atoms with Crippen molar-refractivity contribution in [2.24, 2.45) is 5.73 Å². The first kappa shape index (κ1) is 13.9. The van der Waals surface area contributed by atoms with E-state index in [1.165, 1.54) is 5.56 Å². The van der Waals surface area contributed by atoms with Crippen molar-refractivity contribution >= 4 is 5.91 Å². The van der Waals surface area contributed by atoms with E-state index in [0.717, 1.165) is 18.7 Å². The zero-order valence-electron chi connectivity index (χ0n) is 11.6. The van der Waals surface area contributed by atoms with Crippen LogP contribution in [0.2, 0.25) is 0 Å². The Morgan fingerprint density at radius 1 is 1.42 bits per heavy atom. The van der Waals surface area contributed by atoms with Crippen LogP contribution in [0.4, 0.5) is 0 Å². The predicted octanol–water partition coefficient (Wildman–Crippen LogP) is 1.75. The molecule has 0 unspecified atom stereocenters. The molecular formula is C15H22N2O2. The maximum absolute atomic E-state index is 12.0. The Labute approximate surface area is 114 Å². The van der Waals surface area contributed by atoms with Crippen molar-refractivity contribution in [2.45, 2.75) is 31.7 Å². The normalized spacial score (nSPS) is 22.6. The number of methoxy groups -OCH3 is 1. The lowest BCUT2D eigenvalue weighted by Gasteiger charge is -2.21. The number of benzene rings is 1. The minimum absolute atomic E-state index is 0.172. The van der Waals surface area contributed by atoms with Gasteiger partial charge in [0.25, 0.3) is 0 Å². The van der Waals surface area contributed by atoms with Gasteiger partial charge in [-0.2, -0.15) is 0 Å². The summed E-state index contributed by atoms with van der Waals surface area (Å²) in [5.41, 5.74) is 6.73. The van der Waals surface area contributed by atoms with Gasteiger partial charge < -0.3 is 15.4 Å². The van der Waals surface area contributed by atoms with Gasteiger partial charge in [0.05, 0.1) is 7.11 Å². The van der Waals surface area contributed by atoms with Gasteiger partial charge in [0.1, 0.15) is 5.75 Å². The lowest BCUT2D eigenvalue weighted by Crippen LogP contribution is -2.35. The van der Waals surface area contributed by atoms with Crippen molar-refractivity contribution in [3.63, 3.8) is 0 Å². The van der Waals surface area contributed by atoms with Gasteiger partial charge in [-0.15, -0.1) is 0 Å². The molecule has 1 saturated heterocycles.